The van der Waals surface area contributed by atoms with Gasteiger partial charge in [-0.25, -0.2) is 8.42 Å². The van der Waals surface area contributed by atoms with Crippen LogP contribution < -0.4 is 0 Å². The topological polar surface area (TPSA) is 37.4 Å². The Bertz CT molecular complexity index is 338. The minimum atomic E-state index is -2.90. The fourth-order valence-corrected chi connectivity index (χ4v) is 3.72. The second kappa shape index (κ2) is 4.56. The Labute approximate surface area is 92.1 Å². The molecule has 0 amide bonds. The molecule has 3 nitrogen and oxygen atoms in total. The largest absolute Gasteiger partial charge is 0.374 e. The lowest BCUT2D eigenvalue weighted by atomic mass is 10.2. The fraction of sp³-hybridized carbons (Fsp3) is 0.818. The van der Waals surface area contributed by atoms with Crippen LogP contribution in [0.25, 0.3) is 0 Å². The molecule has 2 heterocycles. The zero-order valence-corrected chi connectivity index (χ0v) is 9.93. The van der Waals surface area contributed by atoms with Crippen LogP contribution in [-0.2, 0) is 9.84 Å². The van der Waals surface area contributed by atoms with Gasteiger partial charge in [0, 0.05) is 24.2 Å². The average molecular weight is 229 g/mol. The molecule has 86 valence electrons. The van der Waals surface area contributed by atoms with Gasteiger partial charge in [0.2, 0.25) is 0 Å². The van der Waals surface area contributed by atoms with Gasteiger partial charge in [-0.1, -0.05) is 12.8 Å². The average Bonchev–Trinajstić information content (AvgIpc) is 2.44. The maximum absolute atomic E-state index is 11.5. The minimum absolute atomic E-state index is 0.338. The first-order chi connectivity index (χ1) is 7.17. The lowest BCUT2D eigenvalue weighted by Crippen LogP contribution is -2.27. The highest BCUT2D eigenvalue weighted by atomic mass is 32.2. The molecule has 0 spiro atoms. The quantitative estimate of drug-likeness (QED) is 0.689. The second-order valence-corrected chi connectivity index (χ2v) is 6.45. The number of hydrogen-bond acceptors (Lipinski definition) is 3. The molecular weight excluding hydrogens is 210 g/mol. The van der Waals surface area contributed by atoms with Crippen LogP contribution in [-0.4, -0.2) is 32.2 Å². The molecule has 2 aliphatic rings. The number of nitrogens with zero attached hydrogens (tertiary/aromatic N) is 1. The van der Waals surface area contributed by atoms with Crippen LogP contribution in [0, 0.1) is 0 Å². The fourth-order valence-electron chi connectivity index (χ4n) is 2.37. The van der Waals surface area contributed by atoms with Crippen molar-refractivity contribution in [1.29, 1.82) is 0 Å². The van der Waals surface area contributed by atoms with E-state index in [4.69, 9.17) is 0 Å². The third-order valence-electron chi connectivity index (χ3n) is 3.19. The van der Waals surface area contributed by atoms with E-state index in [1.54, 1.807) is 0 Å². The summed E-state index contributed by atoms with van der Waals surface area (Å²) >= 11 is 0. The van der Waals surface area contributed by atoms with Crippen LogP contribution in [0.5, 0.6) is 0 Å². The van der Waals surface area contributed by atoms with Crippen molar-refractivity contribution < 1.29 is 8.42 Å². The number of hydrogen-bond donors (Lipinski definition) is 0. The van der Waals surface area contributed by atoms with Crippen molar-refractivity contribution in [3.05, 3.63) is 11.1 Å². The van der Waals surface area contributed by atoms with E-state index in [-0.39, 0.29) is 0 Å². The van der Waals surface area contributed by atoms with Crippen molar-refractivity contribution in [2.75, 3.05) is 18.8 Å². The smallest absolute Gasteiger partial charge is 0.173 e. The summed E-state index contributed by atoms with van der Waals surface area (Å²) in [7, 11) is -2.90. The molecule has 0 aromatic rings. The Morgan fingerprint density at radius 3 is 2.27 bits per heavy atom. The Kier molecular flexibility index (Phi) is 3.34. The van der Waals surface area contributed by atoms with Gasteiger partial charge in [-0.3, -0.25) is 0 Å². The Hall–Kier alpha value is -0.510. The molecule has 1 fully saturated rings. The monoisotopic (exact) mass is 229 g/mol. The Morgan fingerprint density at radius 1 is 1.00 bits per heavy atom. The molecule has 1 saturated heterocycles. The third kappa shape index (κ3) is 2.97. The summed E-state index contributed by atoms with van der Waals surface area (Å²) in [5, 5.41) is 1.52. The summed E-state index contributed by atoms with van der Waals surface area (Å²) in [5.74, 6) is 0.338. The number of likely N-dealkylation sites (tertiary alicyclic amines) is 1. The van der Waals surface area contributed by atoms with Crippen LogP contribution in [0.4, 0.5) is 0 Å². The highest BCUT2D eigenvalue weighted by Gasteiger charge is 2.20. The highest BCUT2D eigenvalue weighted by molar-refractivity contribution is 7.94. The van der Waals surface area contributed by atoms with Crippen molar-refractivity contribution in [1.82, 2.24) is 4.90 Å². The summed E-state index contributed by atoms with van der Waals surface area (Å²) in [4.78, 5) is 2.28. The normalized spacial score (nSPS) is 26.9. The van der Waals surface area contributed by atoms with Gasteiger partial charge in [0.05, 0.1) is 5.75 Å². The van der Waals surface area contributed by atoms with Crippen LogP contribution in [0.1, 0.15) is 38.5 Å². The van der Waals surface area contributed by atoms with E-state index < -0.39 is 9.84 Å². The van der Waals surface area contributed by atoms with Crippen molar-refractivity contribution in [2.24, 2.45) is 0 Å². The van der Waals surface area contributed by atoms with Crippen molar-refractivity contribution in [2.45, 2.75) is 38.5 Å². The van der Waals surface area contributed by atoms with E-state index in [9.17, 15) is 8.42 Å². The van der Waals surface area contributed by atoms with Gasteiger partial charge in [-0.15, -0.1) is 0 Å². The minimum Gasteiger partial charge on any atom is -0.374 e. The second-order valence-electron chi connectivity index (χ2n) is 4.48. The molecule has 0 saturated carbocycles. The number of allylic oxidation sites excluding steroid dienone is 1. The van der Waals surface area contributed by atoms with E-state index >= 15 is 0 Å². The molecule has 0 bridgehead atoms. The summed E-state index contributed by atoms with van der Waals surface area (Å²) in [6.45, 7) is 2.09. The van der Waals surface area contributed by atoms with Gasteiger partial charge in [0.15, 0.2) is 9.84 Å². The molecule has 0 atom stereocenters. The summed E-state index contributed by atoms with van der Waals surface area (Å²) in [6.07, 6.45) is 6.73. The first-order valence-corrected chi connectivity index (χ1v) is 7.57. The lowest BCUT2D eigenvalue weighted by Gasteiger charge is -2.27. The van der Waals surface area contributed by atoms with Crippen molar-refractivity contribution in [3.63, 3.8) is 0 Å². The van der Waals surface area contributed by atoms with Crippen LogP contribution in [0.2, 0.25) is 0 Å². The van der Waals surface area contributed by atoms with E-state index in [0.29, 0.717) is 5.75 Å². The summed E-state index contributed by atoms with van der Waals surface area (Å²) < 4.78 is 23.0. The summed E-state index contributed by atoms with van der Waals surface area (Å²) in [6, 6.07) is 0. The van der Waals surface area contributed by atoms with Gasteiger partial charge >= 0.3 is 0 Å². The summed E-state index contributed by atoms with van der Waals surface area (Å²) in [5.41, 5.74) is 1.06. The first kappa shape index (κ1) is 11.0. The molecule has 15 heavy (non-hydrogen) atoms. The van der Waals surface area contributed by atoms with Crippen LogP contribution >= 0.6 is 0 Å². The van der Waals surface area contributed by atoms with Gasteiger partial charge in [-0.2, -0.15) is 0 Å². The highest BCUT2D eigenvalue weighted by Crippen LogP contribution is 2.23. The third-order valence-corrected chi connectivity index (χ3v) is 4.68. The maximum Gasteiger partial charge on any atom is 0.173 e. The molecule has 0 radical (unpaired) electrons. The van der Waals surface area contributed by atoms with E-state index in [1.807, 2.05) is 0 Å². The van der Waals surface area contributed by atoms with Crippen molar-refractivity contribution >= 4 is 9.84 Å². The van der Waals surface area contributed by atoms with Crippen molar-refractivity contribution in [3.8, 4) is 0 Å². The molecule has 0 aromatic carbocycles. The number of rotatable bonds is 1. The number of sulfone groups is 1. The van der Waals surface area contributed by atoms with Gasteiger partial charge < -0.3 is 4.90 Å². The molecule has 4 heteroatoms. The molecule has 0 N–H and O–H groups in total. The zero-order valence-electron chi connectivity index (χ0n) is 9.11. The van der Waals surface area contributed by atoms with Crippen LogP contribution in [0.3, 0.4) is 0 Å². The molecule has 2 aliphatic heterocycles. The van der Waals surface area contributed by atoms with Gasteiger partial charge in [0.25, 0.3) is 0 Å². The molecular formula is C11H19NO2S. The lowest BCUT2D eigenvalue weighted by molar-refractivity contribution is 0.343. The molecule has 2 rings (SSSR count). The van der Waals surface area contributed by atoms with E-state index in [2.05, 4.69) is 4.90 Å². The first-order valence-electron chi connectivity index (χ1n) is 5.86. The standard InChI is InChI=1S/C11H19NO2S/c13-15(14)9-5-6-11(10-15)12-7-3-1-2-4-8-12/h10H,1-9H2. The Morgan fingerprint density at radius 2 is 1.67 bits per heavy atom. The predicted octanol–water partition coefficient (Wildman–Crippen LogP) is 1.91. The van der Waals surface area contributed by atoms with Gasteiger partial charge in [0.1, 0.15) is 0 Å². The molecule has 0 unspecified atom stereocenters. The predicted molar refractivity (Wildman–Crippen MR) is 61.1 cm³/mol. The van der Waals surface area contributed by atoms with E-state index in [0.717, 1.165) is 31.6 Å². The maximum atomic E-state index is 11.5. The van der Waals surface area contributed by atoms with Gasteiger partial charge in [-0.05, 0) is 25.7 Å². The molecule has 0 aliphatic carbocycles. The van der Waals surface area contributed by atoms with E-state index in [1.165, 1.54) is 31.1 Å². The Balaban J connectivity index is 2.11. The van der Waals surface area contributed by atoms with Crippen LogP contribution in [0.15, 0.2) is 11.1 Å². The SMILES string of the molecule is O=S1(=O)C=C(N2CCCCCC2)CCC1. The zero-order chi connectivity index (χ0) is 10.7. The molecule has 0 aromatic heterocycles.